The Morgan fingerprint density at radius 3 is 1.95 bits per heavy atom. The summed E-state index contributed by atoms with van der Waals surface area (Å²) < 4.78 is 11.0. The lowest BCUT2D eigenvalue weighted by Crippen LogP contribution is -2.18. The van der Waals surface area contributed by atoms with Gasteiger partial charge in [-0.25, -0.2) is 0 Å². The molecule has 0 heterocycles. The molecule has 41 heavy (non-hydrogen) atoms. The third-order valence-electron chi connectivity index (χ3n) is 7.19. The van der Waals surface area contributed by atoms with Crippen molar-refractivity contribution in [2.75, 3.05) is 11.9 Å². The van der Waals surface area contributed by atoms with Gasteiger partial charge in [-0.05, 0) is 78.6 Å². The molecule has 210 valence electrons. The van der Waals surface area contributed by atoms with E-state index in [-0.39, 0.29) is 36.6 Å². The molecular formula is C35H35NO5. The molecule has 0 bridgehead atoms. The first-order valence-corrected chi connectivity index (χ1v) is 13.6. The Kier molecular flexibility index (Phi) is 9.35. The number of Topliss-reactive ketones (excluding diaryl/α,β-unsaturated/α-hetero) is 1. The number of nitrogens with one attached hydrogen (secondary N) is 1. The molecule has 0 fully saturated rings. The number of carbonyl (C=O) groups is 3. The summed E-state index contributed by atoms with van der Waals surface area (Å²) in [6, 6.07) is 30.8. The summed E-state index contributed by atoms with van der Waals surface area (Å²) in [4.78, 5) is 36.6. The quantitative estimate of drug-likeness (QED) is 0.154. The SMILES string of the molecule is Cc1ccc(C(=O)COC(=O)CCC(=O)Nc2ccc(Oc3ccc(C(C)(C)c4ccccc4)cc3)cc2)cc1C. The molecule has 6 nitrogen and oxygen atoms in total. The topological polar surface area (TPSA) is 81.7 Å². The van der Waals surface area contributed by atoms with Gasteiger partial charge in [0.05, 0.1) is 6.42 Å². The number of amides is 1. The highest BCUT2D eigenvalue weighted by Gasteiger charge is 2.22. The number of benzene rings is 4. The highest BCUT2D eigenvalue weighted by molar-refractivity contribution is 5.98. The average molecular weight is 550 g/mol. The average Bonchev–Trinajstić information content (AvgIpc) is 2.98. The number of rotatable bonds is 11. The number of anilines is 1. The van der Waals surface area contributed by atoms with Gasteiger partial charge in [0.15, 0.2) is 12.4 Å². The van der Waals surface area contributed by atoms with E-state index in [1.807, 2.05) is 50.2 Å². The van der Waals surface area contributed by atoms with Gasteiger partial charge in [-0.15, -0.1) is 0 Å². The standard InChI is InChI=1S/C35H35NO5/c1-24-10-11-26(22-25(24)2)32(37)23-40-34(39)21-20-33(38)36-29-14-18-31(19-15-29)41-30-16-12-28(13-17-30)35(3,4)27-8-6-5-7-9-27/h5-19,22H,20-21,23H2,1-4H3,(H,36,38). The van der Waals surface area contributed by atoms with Crippen molar-refractivity contribution < 1.29 is 23.9 Å². The van der Waals surface area contributed by atoms with Crippen molar-refractivity contribution in [3.05, 3.63) is 125 Å². The van der Waals surface area contributed by atoms with E-state index in [2.05, 4.69) is 43.4 Å². The predicted octanol–water partition coefficient (Wildman–Crippen LogP) is 7.57. The van der Waals surface area contributed by atoms with Crippen molar-refractivity contribution in [3.63, 3.8) is 0 Å². The highest BCUT2D eigenvalue weighted by atomic mass is 16.5. The van der Waals surface area contributed by atoms with Crippen LogP contribution in [0.2, 0.25) is 0 Å². The fourth-order valence-electron chi connectivity index (χ4n) is 4.36. The van der Waals surface area contributed by atoms with Crippen LogP contribution in [0.25, 0.3) is 0 Å². The summed E-state index contributed by atoms with van der Waals surface area (Å²) in [5.74, 6) is 0.145. The van der Waals surface area contributed by atoms with Crippen molar-refractivity contribution in [3.8, 4) is 11.5 Å². The van der Waals surface area contributed by atoms with E-state index in [4.69, 9.17) is 9.47 Å². The fourth-order valence-corrected chi connectivity index (χ4v) is 4.36. The molecule has 0 aliphatic carbocycles. The van der Waals surface area contributed by atoms with E-state index in [1.165, 1.54) is 11.1 Å². The monoisotopic (exact) mass is 549 g/mol. The predicted molar refractivity (Wildman–Crippen MR) is 161 cm³/mol. The van der Waals surface area contributed by atoms with Gasteiger partial charge in [0.1, 0.15) is 11.5 Å². The van der Waals surface area contributed by atoms with Crippen molar-refractivity contribution in [1.82, 2.24) is 0 Å². The molecule has 6 heteroatoms. The first-order chi connectivity index (χ1) is 19.6. The number of carbonyl (C=O) groups excluding carboxylic acids is 3. The summed E-state index contributed by atoms with van der Waals surface area (Å²) in [5.41, 5.74) is 5.46. The minimum atomic E-state index is -0.598. The van der Waals surface area contributed by atoms with Crippen LogP contribution in [0.3, 0.4) is 0 Å². The number of ether oxygens (including phenoxy) is 2. The Morgan fingerprint density at radius 1 is 0.707 bits per heavy atom. The largest absolute Gasteiger partial charge is 0.457 e. The zero-order chi connectivity index (χ0) is 29.4. The maximum absolute atomic E-state index is 12.3. The van der Waals surface area contributed by atoms with Gasteiger partial charge in [-0.2, -0.15) is 0 Å². The van der Waals surface area contributed by atoms with Crippen LogP contribution < -0.4 is 10.1 Å². The summed E-state index contributed by atoms with van der Waals surface area (Å²) >= 11 is 0. The molecule has 0 radical (unpaired) electrons. The molecule has 0 saturated carbocycles. The zero-order valence-electron chi connectivity index (χ0n) is 23.9. The Bertz CT molecular complexity index is 1510. The van der Waals surface area contributed by atoms with Gasteiger partial charge >= 0.3 is 5.97 Å². The van der Waals surface area contributed by atoms with Crippen LogP contribution >= 0.6 is 0 Å². The smallest absolute Gasteiger partial charge is 0.306 e. The number of esters is 1. The van der Waals surface area contributed by atoms with Crippen LogP contribution in [0.5, 0.6) is 11.5 Å². The Morgan fingerprint density at radius 2 is 1.32 bits per heavy atom. The van der Waals surface area contributed by atoms with E-state index in [1.54, 1.807) is 36.4 Å². The molecule has 4 aromatic carbocycles. The van der Waals surface area contributed by atoms with Gasteiger partial charge in [0.25, 0.3) is 0 Å². The van der Waals surface area contributed by atoms with Crippen molar-refractivity contribution in [1.29, 1.82) is 0 Å². The van der Waals surface area contributed by atoms with Crippen molar-refractivity contribution >= 4 is 23.3 Å². The number of aryl methyl sites for hydroxylation is 2. The number of hydrogen-bond acceptors (Lipinski definition) is 5. The second kappa shape index (κ2) is 13.1. The molecule has 0 unspecified atom stereocenters. The second-order valence-electron chi connectivity index (χ2n) is 10.6. The summed E-state index contributed by atoms with van der Waals surface area (Å²) in [5, 5.41) is 2.76. The van der Waals surface area contributed by atoms with Crippen LogP contribution in [-0.2, 0) is 19.7 Å². The molecule has 1 N–H and O–H groups in total. The van der Waals surface area contributed by atoms with E-state index >= 15 is 0 Å². The van der Waals surface area contributed by atoms with Gasteiger partial charge < -0.3 is 14.8 Å². The van der Waals surface area contributed by atoms with Crippen LogP contribution in [0.1, 0.15) is 59.3 Å². The Balaban J connectivity index is 1.22. The van der Waals surface area contributed by atoms with Crippen LogP contribution in [0.4, 0.5) is 5.69 Å². The Hall–Kier alpha value is -4.71. The summed E-state index contributed by atoms with van der Waals surface area (Å²) in [6.45, 7) is 7.93. The maximum atomic E-state index is 12.3. The van der Waals surface area contributed by atoms with Crippen molar-refractivity contribution in [2.24, 2.45) is 0 Å². The van der Waals surface area contributed by atoms with Crippen LogP contribution in [-0.4, -0.2) is 24.3 Å². The second-order valence-corrected chi connectivity index (χ2v) is 10.6. The first-order valence-electron chi connectivity index (χ1n) is 13.6. The van der Waals surface area contributed by atoms with E-state index in [9.17, 15) is 14.4 Å². The molecule has 4 rings (SSSR count). The van der Waals surface area contributed by atoms with Crippen LogP contribution in [0.15, 0.2) is 97.1 Å². The molecule has 4 aromatic rings. The van der Waals surface area contributed by atoms with Gasteiger partial charge in [-0.3, -0.25) is 14.4 Å². The van der Waals surface area contributed by atoms with E-state index in [0.29, 0.717) is 22.7 Å². The normalized spacial score (nSPS) is 11.0. The van der Waals surface area contributed by atoms with E-state index in [0.717, 1.165) is 11.1 Å². The lowest BCUT2D eigenvalue weighted by molar-refractivity contribution is -0.143. The minimum absolute atomic E-state index is 0.0550. The fraction of sp³-hybridized carbons (Fsp3) is 0.229. The lowest BCUT2D eigenvalue weighted by atomic mass is 9.78. The van der Waals surface area contributed by atoms with Gasteiger partial charge in [0, 0.05) is 23.1 Å². The molecule has 0 aliphatic rings. The Labute approximate surface area is 241 Å². The maximum Gasteiger partial charge on any atom is 0.306 e. The molecular weight excluding hydrogens is 514 g/mol. The summed E-state index contributed by atoms with van der Waals surface area (Å²) in [6.07, 6.45) is -0.176. The van der Waals surface area contributed by atoms with Crippen molar-refractivity contribution in [2.45, 2.75) is 46.0 Å². The van der Waals surface area contributed by atoms with Gasteiger partial charge in [-0.1, -0.05) is 68.4 Å². The molecule has 0 aromatic heterocycles. The third-order valence-corrected chi connectivity index (χ3v) is 7.19. The number of hydrogen-bond donors (Lipinski definition) is 1. The molecule has 0 saturated heterocycles. The minimum Gasteiger partial charge on any atom is -0.457 e. The molecule has 0 atom stereocenters. The molecule has 0 aliphatic heterocycles. The van der Waals surface area contributed by atoms with E-state index < -0.39 is 5.97 Å². The van der Waals surface area contributed by atoms with Gasteiger partial charge in [0.2, 0.25) is 5.91 Å². The summed E-state index contributed by atoms with van der Waals surface area (Å²) in [7, 11) is 0. The zero-order valence-corrected chi connectivity index (χ0v) is 23.9. The number of ketones is 1. The third kappa shape index (κ3) is 7.92. The highest BCUT2D eigenvalue weighted by Crippen LogP contribution is 2.33. The lowest BCUT2D eigenvalue weighted by Gasteiger charge is -2.26. The van der Waals surface area contributed by atoms with Crippen LogP contribution in [0, 0.1) is 13.8 Å². The molecule has 1 amide bonds. The first kappa shape index (κ1) is 29.3. The molecule has 0 spiro atoms.